The number of nitrogens with zero attached hydrogens (tertiary/aromatic N) is 2. The van der Waals surface area contributed by atoms with Gasteiger partial charge in [-0.2, -0.15) is 0 Å². The van der Waals surface area contributed by atoms with E-state index in [1.165, 1.54) is 24.9 Å². The Labute approximate surface area is 123 Å². The molecule has 1 aliphatic heterocycles. The number of likely N-dealkylation sites (tertiary alicyclic amines) is 1. The molecule has 114 valence electrons. The van der Waals surface area contributed by atoms with Crippen molar-refractivity contribution in [2.24, 2.45) is 0 Å². The standard InChI is InChI=1S/C16H29N3O/c1-13(2)17-10-14-7-9-20-16(14)12-19-8-5-6-15(19)11-18(3)4/h7,9,13,15,17H,5-6,8,10-12H2,1-4H3. The third-order valence-corrected chi connectivity index (χ3v) is 3.96. The number of rotatable bonds is 7. The van der Waals surface area contributed by atoms with Gasteiger partial charge in [0.25, 0.3) is 0 Å². The van der Waals surface area contributed by atoms with Crippen molar-refractivity contribution in [3.63, 3.8) is 0 Å². The van der Waals surface area contributed by atoms with Crippen LogP contribution in [0.4, 0.5) is 0 Å². The van der Waals surface area contributed by atoms with Crippen molar-refractivity contribution in [3.8, 4) is 0 Å². The van der Waals surface area contributed by atoms with E-state index in [1.807, 2.05) is 6.26 Å². The van der Waals surface area contributed by atoms with Crippen LogP contribution < -0.4 is 5.32 Å². The van der Waals surface area contributed by atoms with Crippen molar-refractivity contribution in [2.45, 2.75) is 51.9 Å². The second-order valence-corrected chi connectivity index (χ2v) is 6.43. The van der Waals surface area contributed by atoms with E-state index >= 15 is 0 Å². The number of likely N-dealkylation sites (N-methyl/N-ethyl adjacent to an activating group) is 1. The van der Waals surface area contributed by atoms with Gasteiger partial charge < -0.3 is 14.6 Å². The Morgan fingerprint density at radius 2 is 2.25 bits per heavy atom. The topological polar surface area (TPSA) is 31.7 Å². The maximum absolute atomic E-state index is 5.72. The third-order valence-electron chi connectivity index (χ3n) is 3.96. The highest BCUT2D eigenvalue weighted by Gasteiger charge is 2.26. The first-order valence-electron chi connectivity index (χ1n) is 7.73. The minimum absolute atomic E-state index is 0.506. The quantitative estimate of drug-likeness (QED) is 0.830. The van der Waals surface area contributed by atoms with Crippen molar-refractivity contribution in [1.29, 1.82) is 0 Å². The van der Waals surface area contributed by atoms with E-state index in [0.717, 1.165) is 25.4 Å². The highest BCUT2D eigenvalue weighted by molar-refractivity contribution is 5.17. The zero-order chi connectivity index (χ0) is 14.5. The molecule has 0 radical (unpaired) electrons. The first-order valence-corrected chi connectivity index (χ1v) is 7.73. The summed E-state index contributed by atoms with van der Waals surface area (Å²) < 4.78 is 5.72. The van der Waals surface area contributed by atoms with Crippen LogP contribution in [0.2, 0.25) is 0 Å². The second-order valence-electron chi connectivity index (χ2n) is 6.43. The summed E-state index contributed by atoms with van der Waals surface area (Å²) in [4.78, 5) is 4.85. The van der Waals surface area contributed by atoms with Gasteiger partial charge in [-0.05, 0) is 39.5 Å². The van der Waals surface area contributed by atoms with E-state index in [1.54, 1.807) is 0 Å². The molecule has 20 heavy (non-hydrogen) atoms. The first-order chi connectivity index (χ1) is 9.56. The Kier molecular flexibility index (Phi) is 5.64. The van der Waals surface area contributed by atoms with Crippen LogP contribution in [0.25, 0.3) is 0 Å². The van der Waals surface area contributed by atoms with Crippen LogP contribution >= 0.6 is 0 Å². The summed E-state index contributed by atoms with van der Waals surface area (Å²) in [6, 6.07) is 3.27. The van der Waals surface area contributed by atoms with E-state index < -0.39 is 0 Å². The molecular weight excluding hydrogens is 250 g/mol. The van der Waals surface area contributed by atoms with E-state index in [2.05, 4.69) is 49.1 Å². The molecule has 1 saturated heterocycles. The smallest absolute Gasteiger partial charge is 0.122 e. The number of furan rings is 1. The van der Waals surface area contributed by atoms with Crippen LogP contribution in [-0.4, -0.2) is 49.1 Å². The predicted octanol–water partition coefficient (Wildman–Crippen LogP) is 2.30. The van der Waals surface area contributed by atoms with Gasteiger partial charge in [0.2, 0.25) is 0 Å². The molecule has 0 aromatic carbocycles. The van der Waals surface area contributed by atoms with Gasteiger partial charge in [0.1, 0.15) is 5.76 Å². The third kappa shape index (κ3) is 4.33. The largest absolute Gasteiger partial charge is 0.468 e. The lowest BCUT2D eigenvalue weighted by atomic mass is 10.2. The van der Waals surface area contributed by atoms with Gasteiger partial charge in [-0.15, -0.1) is 0 Å². The monoisotopic (exact) mass is 279 g/mol. The van der Waals surface area contributed by atoms with E-state index in [-0.39, 0.29) is 0 Å². The molecule has 1 N–H and O–H groups in total. The van der Waals surface area contributed by atoms with Crippen molar-refractivity contribution in [2.75, 3.05) is 27.2 Å². The number of nitrogens with one attached hydrogen (secondary N) is 1. The molecule has 1 aliphatic rings. The first kappa shape index (κ1) is 15.5. The molecule has 0 aliphatic carbocycles. The Balaban J connectivity index is 1.93. The molecule has 1 atom stereocenters. The Hall–Kier alpha value is -0.840. The van der Waals surface area contributed by atoms with E-state index in [0.29, 0.717) is 12.1 Å². The van der Waals surface area contributed by atoms with Crippen LogP contribution in [0.3, 0.4) is 0 Å². The minimum Gasteiger partial charge on any atom is -0.468 e. The highest BCUT2D eigenvalue weighted by atomic mass is 16.3. The zero-order valence-corrected chi connectivity index (χ0v) is 13.4. The lowest BCUT2D eigenvalue weighted by Crippen LogP contribution is -2.37. The maximum Gasteiger partial charge on any atom is 0.122 e. The summed E-state index contributed by atoms with van der Waals surface area (Å²) in [6.07, 6.45) is 4.43. The maximum atomic E-state index is 5.72. The molecule has 0 bridgehead atoms. The fourth-order valence-electron chi connectivity index (χ4n) is 2.89. The van der Waals surface area contributed by atoms with E-state index in [9.17, 15) is 0 Å². The van der Waals surface area contributed by atoms with Gasteiger partial charge in [0, 0.05) is 30.7 Å². The molecule has 2 rings (SSSR count). The second kappa shape index (κ2) is 7.25. The van der Waals surface area contributed by atoms with Gasteiger partial charge >= 0.3 is 0 Å². The molecule has 2 heterocycles. The van der Waals surface area contributed by atoms with Crippen LogP contribution in [-0.2, 0) is 13.1 Å². The summed E-state index contributed by atoms with van der Waals surface area (Å²) in [5, 5.41) is 3.47. The summed E-state index contributed by atoms with van der Waals surface area (Å²) in [5.41, 5.74) is 1.30. The lowest BCUT2D eigenvalue weighted by Gasteiger charge is -2.26. The summed E-state index contributed by atoms with van der Waals surface area (Å²) in [6.45, 7) is 8.52. The Morgan fingerprint density at radius 3 is 2.95 bits per heavy atom. The minimum atomic E-state index is 0.506. The summed E-state index contributed by atoms with van der Waals surface area (Å²) in [5.74, 6) is 1.13. The van der Waals surface area contributed by atoms with Gasteiger partial charge in [-0.1, -0.05) is 13.8 Å². The van der Waals surface area contributed by atoms with Crippen molar-refractivity contribution >= 4 is 0 Å². The fraction of sp³-hybridized carbons (Fsp3) is 0.750. The summed E-state index contributed by atoms with van der Waals surface area (Å²) >= 11 is 0. The SMILES string of the molecule is CC(C)NCc1ccoc1CN1CCCC1CN(C)C. The van der Waals surface area contributed by atoms with Crippen LogP contribution in [0, 0.1) is 0 Å². The van der Waals surface area contributed by atoms with Gasteiger partial charge in [0.15, 0.2) is 0 Å². The fourth-order valence-corrected chi connectivity index (χ4v) is 2.89. The molecule has 1 aromatic heterocycles. The molecule has 1 unspecified atom stereocenters. The lowest BCUT2D eigenvalue weighted by molar-refractivity contribution is 0.188. The number of hydrogen-bond acceptors (Lipinski definition) is 4. The molecule has 1 aromatic rings. The van der Waals surface area contributed by atoms with Gasteiger partial charge in [-0.25, -0.2) is 0 Å². The van der Waals surface area contributed by atoms with Crippen molar-refractivity contribution < 1.29 is 4.42 Å². The predicted molar refractivity (Wildman–Crippen MR) is 82.7 cm³/mol. The summed E-state index contributed by atoms with van der Waals surface area (Å²) in [7, 11) is 4.31. The van der Waals surface area contributed by atoms with Crippen LogP contribution in [0.1, 0.15) is 38.0 Å². The van der Waals surface area contributed by atoms with Crippen LogP contribution in [0.5, 0.6) is 0 Å². The Morgan fingerprint density at radius 1 is 1.45 bits per heavy atom. The van der Waals surface area contributed by atoms with E-state index in [4.69, 9.17) is 4.42 Å². The van der Waals surface area contributed by atoms with Crippen molar-refractivity contribution in [3.05, 3.63) is 23.7 Å². The molecule has 4 nitrogen and oxygen atoms in total. The molecule has 0 amide bonds. The molecule has 0 spiro atoms. The zero-order valence-electron chi connectivity index (χ0n) is 13.4. The average molecular weight is 279 g/mol. The molecular formula is C16H29N3O. The molecule has 0 saturated carbocycles. The molecule has 4 heteroatoms. The number of hydrogen-bond donors (Lipinski definition) is 1. The van der Waals surface area contributed by atoms with Gasteiger partial charge in [-0.3, -0.25) is 4.90 Å². The van der Waals surface area contributed by atoms with Crippen molar-refractivity contribution in [1.82, 2.24) is 15.1 Å². The average Bonchev–Trinajstić information content (AvgIpc) is 2.97. The van der Waals surface area contributed by atoms with Gasteiger partial charge in [0.05, 0.1) is 12.8 Å². The highest BCUT2D eigenvalue weighted by Crippen LogP contribution is 2.22. The molecule has 1 fully saturated rings. The van der Waals surface area contributed by atoms with Crippen LogP contribution in [0.15, 0.2) is 16.7 Å². The Bertz CT molecular complexity index is 400. The normalized spacial score (nSPS) is 20.4.